The molecule has 0 saturated carbocycles. The Morgan fingerprint density at radius 2 is 1.07 bits per heavy atom. The molecule has 0 aliphatic heterocycles. The third-order valence-electron chi connectivity index (χ3n) is 9.18. The van der Waals surface area contributed by atoms with E-state index in [0.29, 0.717) is 5.92 Å². The quantitative estimate of drug-likeness (QED) is 0.187. The van der Waals surface area contributed by atoms with Crippen molar-refractivity contribution in [2.24, 2.45) is 0 Å². The molecule has 1 aliphatic carbocycles. The van der Waals surface area contributed by atoms with Gasteiger partial charge in [0.05, 0.1) is 0 Å². The van der Waals surface area contributed by atoms with Gasteiger partial charge in [-0.05, 0) is 78.4 Å². The highest BCUT2D eigenvalue weighted by atomic mass is 32.1. The van der Waals surface area contributed by atoms with Crippen LogP contribution in [0.1, 0.15) is 17.9 Å². The fourth-order valence-electron chi connectivity index (χ4n) is 7.13. The summed E-state index contributed by atoms with van der Waals surface area (Å²) in [5.41, 5.74) is 6.47. The molecule has 7 aromatic carbocycles. The molecule has 202 valence electrons. The third kappa shape index (κ3) is 3.96. The number of rotatable bonds is 3. The van der Waals surface area contributed by atoms with Crippen LogP contribution in [0.4, 0.5) is 0 Å². The molecule has 1 heteroatoms. The molecule has 0 N–H and O–H groups in total. The van der Waals surface area contributed by atoms with Crippen molar-refractivity contribution in [1.29, 1.82) is 0 Å². The molecule has 1 heterocycles. The first kappa shape index (κ1) is 24.6. The van der Waals surface area contributed by atoms with Gasteiger partial charge in [0.15, 0.2) is 0 Å². The molecule has 0 radical (unpaired) electrons. The van der Waals surface area contributed by atoms with Crippen LogP contribution in [0.25, 0.3) is 76.1 Å². The number of fused-ring (bicyclic) bond motifs is 9. The fraction of sp³-hybridized carbons (Fsp3) is 0.0476. The highest BCUT2D eigenvalue weighted by Gasteiger charge is 2.16. The standard InChI is InChI=1S/C42H28S/c1-2-16-35-33(14-1)34-15-3-4-17-36(34)40-26-30(22-23-37(35)40)28-11-7-10-27(24-28)29-12-8-13-31(25-29)32-19-9-20-39-38-18-5-6-21-41(38)43-42(32)39/h1-21,23-26,30H,22H2. The van der Waals surface area contributed by atoms with Crippen molar-refractivity contribution in [1.82, 2.24) is 0 Å². The summed E-state index contributed by atoms with van der Waals surface area (Å²) < 4.78 is 2.71. The molecule has 0 spiro atoms. The van der Waals surface area contributed by atoms with Gasteiger partial charge in [0, 0.05) is 26.1 Å². The van der Waals surface area contributed by atoms with Gasteiger partial charge in [0.2, 0.25) is 0 Å². The second-order valence-corrected chi connectivity index (χ2v) is 12.7. The maximum absolute atomic E-state index is 2.52. The molecular formula is C42H28S. The topological polar surface area (TPSA) is 0 Å². The van der Waals surface area contributed by atoms with Gasteiger partial charge in [-0.2, -0.15) is 0 Å². The summed E-state index contributed by atoms with van der Waals surface area (Å²) in [5.74, 6) is 0.340. The van der Waals surface area contributed by atoms with Crippen molar-refractivity contribution < 1.29 is 0 Å². The van der Waals surface area contributed by atoms with E-state index in [1.807, 2.05) is 11.3 Å². The Hall–Kier alpha value is -4.98. The zero-order valence-corrected chi connectivity index (χ0v) is 24.4. The van der Waals surface area contributed by atoms with E-state index in [2.05, 4.69) is 152 Å². The van der Waals surface area contributed by atoms with E-state index < -0.39 is 0 Å². The largest absolute Gasteiger partial charge is 0.135 e. The lowest BCUT2D eigenvalue weighted by Gasteiger charge is -2.18. The minimum atomic E-state index is 0.340. The molecule has 0 nitrogen and oxygen atoms in total. The smallest absolute Gasteiger partial charge is 0.0433 e. The summed E-state index contributed by atoms with van der Waals surface area (Å²) >= 11 is 1.89. The lowest BCUT2D eigenvalue weighted by Crippen LogP contribution is -2.30. The van der Waals surface area contributed by atoms with Gasteiger partial charge in [0.25, 0.3) is 0 Å². The monoisotopic (exact) mass is 564 g/mol. The van der Waals surface area contributed by atoms with Gasteiger partial charge in [-0.1, -0.05) is 140 Å². The van der Waals surface area contributed by atoms with Crippen molar-refractivity contribution in [3.8, 4) is 22.3 Å². The van der Waals surface area contributed by atoms with Crippen LogP contribution in [0.3, 0.4) is 0 Å². The van der Waals surface area contributed by atoms with Crippen LogP contribution in [-0.2, 0) is 0 Å². The van der Waals surface area contributed by atoms with Crippen LogP contribution < -0.4 is 10.4 Å². The van der Waals surface area contributed by atoms with E-state index in [1.54, 1.807) is 0 Å². The maximum Gasteiger partial charge on any atom is 0.0433 e. The third-order valence-corrected chi connectivity index (χ3v) is 10.4. The Balaban J connectivity index is 1.14. The minimum absolute atomic E-state index is 0.340. The summed E-state index contributed by atoms with van der Waals surface area (Å²) in [6.45, 7) is 0. The molecule has 43 heavy (non-hydrogen) atoms. The highest BCUT2D eigenvalue weighted by Crippen LogP contribution is 2.40. The summed E-state index contributed by atoms with van der Waals surface area (Å²) in [7, 11) is 0. The predicted molar refractivity (Wildman–Crippen MR) is 187 cm³/mol. The van der Waals surface area contributed by atoms with Crippen LogP contribution >= 0.6 is 11.3 Å². The zero-order valence-electron chi connectivity index (χ0n) is 23.6. The van der Waals surface area contributed by atoms with Crippen LogP contribution in [0.5, 0.6) is 0 Å². The molecule has 0 bridgehead atoms. The number of hydrogen-bond donors (Lipinski definition) is 0. The molecule has 1 aliphatic rings. The van der Waals surface area contributed by atoms with E-state index in [4.69, 9.17) is 0 Å². The first-order valence-electron chi connectivity index (χ1n) is 15.0. The summed E-state index contributed by atoms with van der Waals surface area (Å²) in [5, 5.41) is 10.8. The first-order valence-corrected chi connectivity index (χ1v) is 15.9. The summed E-state index contributed by atoms with van der Waals surface area (Å²) in [4.78, 5) is 0. The Bertz CT molecular complexity index is 2490. The van der Waals surface area contributed by atoms with Crippen molar-refractivity contribution in [3.63, 3.8) is 0 Å². The average molecular weight is 565 g/mol. The average Bonchev–Trinajstić information content (AvgIpc) is 3.47. The zero-order chi connectivity index (χ0) is 28.3. The van der Waals surface area contributed by atoms with E-state index in [9.17, 15) is 0 Å². The fourth-order valence-corrected chi connectivity index (χ4v) is 8.37. The van der Waals surface area contributed by atoms with Crippen molar-refractivity contribution in [2.75, 3.05) is 0 Å². The molecule has 8 aromatic rings. The van der Waals surface area contributed by atoms with Gasteiger partial charge in [-0.25, -0.2) is 0 Å². The second-order valence-electron chi connectivity index (χ2n) is 11.6. The Morgan fingerprint density at radius 1 is 0.465 bits per heavy atom. The summed E-state index contributed by atoms with van der Waals surface area (Å²) in [6, 6.07) is 51.5. The maximum atomic E-state index is 2.52. The molecule has 1 aromatic heterocycles. The highest BCUT2D eigenvalue weighted by molar-refractivity contribution is 7.26. The summed E-state index contributed by atoms with van der Waals surface area (Å²) in [6.07, 6.45) is 5.99. The Kier molecular flexibility index (Phi) is 5.61. The Morgan fingerprint density at radius 3 is 1.88 bits per heavy atom. The van der Waals surface area contributed by atoms with E-state index in [-0.39, 0.29) is 0 Å². The normalized spacial score (nSPS) is 14.6. The molecule has 9 rings (SSSR count). The van der Waals surface area contributed by atoms with Crippen molar-refractivity contribution in [3.05, 3.63) is 156 Å². The van der Waals surface area contributed by atoms with Crippen LogP contribution in [0.2, 0.25) is 0 Å². The van der Waals surface area contributed by atoms with Gasteiger partial charge in [-0.15, -0.1) is 11.3 Å². The predicted octanol–water partition coefficient (Wildman–Crippen LogP) is 10.4. The molecule has 0 fully saturated rings. The van der Waals surface area contributed by atoms with Crippen LogP contribution in [-0.4, -0.2) is 0 Å². The van der Waals surface area contributed by atoms with Gasteiger partial charge in [0.1, 0.15) is 0 Å². The first-order chi connectivity index (χ1) is 21.3. The van der Waals surface area contributed by atoms with Crippen molar-refractivity contribution in [2.45, 2.75) is 12.3 Å². The number of hydrogen-bond acceptors (Lipinski definition) is 1. The van der Waals surface area contributed by atoms with Crippen LogP contribution in [0.15, 0.2) is 140 Å². The molecule has 1 atom stereocenters. The SMILES string of the molecule is C1=c2c(c3ccccc3c3ccccc23)=CC(c2cccc(-c3cccc(-c4cccc5c4sc4ccccc45)c3)c2)C1. The minimum Gasteiger partial charge on any atom is -0.135 e. The van der Waals surface area contributed by atoms with Crippen molar-refractivity contribution >= 4 is 65.2 Å². The molecule has 0 saturated heterocycles. The van der Waals surface area contributed by atoms with Gasteiger partial charge >= 0.3 is 0 Å². The Labute approximate surface area is 254 Å². The number of benzene rings is 7. The molecule has 0 amide bonds. The second kappa shape index (κ2) is 9.80. The van der Waals surface area contributed by atoms with Gasteiger partial charge in [-0.3, -0.25) is 0 Å². The molecule has 1 unspecified atom stereocenters. The van der Waals surface area contributed by atoms with Gasteiger partial charge < -0.3 is 0 Å². The number of thiophene rings is 1. The van der Waals surface area contributed by atoms with Crippen LogP contribution in [0, 0.1) is 0 Å². The lowest BCUT2D eigenvalue weighted by atomic mass is 9.86. The van der Waals surface area contributed by atoms with E-state index in [0.717, 1.165) is 6.42 Å². The lowest BCUT2D eigenvalue weighted by molar-refractivity contribution is 0.924. The van der Waals surface area contributed by atoms with E-state index >= 15 is 0 Å². The van der Waals surface area contributed by atoms with E-state index in [1.165, 1.54) is 80.0 Å². The molecular weight excluding hydrogens is 537 g/mol.